The van der Waals surface area contributed by atoms with E-state index in [4.69, 9.17) is 0 Å². The second kappa shape index (κ2) is 11.1. The third-order valence-corrected chi connectivity index (χ3v) is 7.63. The molecule has 4 aromatic rings. The molecule has 2 heterocycles. The number of thioether (sulfide) groups is 1. The molecule has 36 heavy (non-hydrogen) atoms. The van der Waals surface area contributed by atoms with E-state index < -0.39 is 0 Å². The summed E-state index contributed by atoms with van der Waals surface area (Å²) in [6.07, 6.45) is 0.696. The van der Waals surface area contributed by atoms with Crippen LogP contribution in [0, 0.1) is 6.92 Å². The third kappa shape index (κ3) is 5.37. The van der Waals surface area contributed by atoms with Crippen molar-refractivity contribution in [1.29, 1.82) is 0 Å². The molecular weight excluding hydrogens is 466 g/mol. The number of rotatable bonds is 7. The van der Waals surface area contributed by atoms with E-state index in [0.717, 1.165) is 54.0 Å². The molecule has 3 aromatic carbocycles. The molecule has 1 fully saturated rings. The number of benzene rings is 3. The fourth-order valence-electron chi connectivity index (χ4n) is 4.52. The molecule has 1 saturated heterocycles. The van der Waals surface area contributed by atoms with Crippen LogP contribution in [0.4, 0.5) is 0 Å². The van der Waals surface area contributed by atoms with Crippen LogP contribution in [0.2, 0.25) is 0 Å². The van der Waals surface area contributed by atoms with Gasteiger partial charge in [0.15, 0.2) is 5.16 Å². The first-order valence-electron chi connectivity index (χ1n) is 12.3. The summed E-state index contributed by atoms with van der Waals surface area (Å²) < 4.78 is 2.16. The van der Waals surface area contributed by atoms with Gasteiger partial charge in [-0.25, -0.2) is 0 Å². The molecule has 0 bridgehead atoms. The van der Waals surface area contributed by atoms with Gasteiger partial charge in [0.05, 0.1) is 5.69 Å². The van der Waals surface area contributed by atoms with Gasteiger partial charge >= 0.3 is 0 Å². The molecule has 0 saturated carbocycles. The van der Waals surface area contributed by atoms with Gasteiger partial charge in [-0.05, 0) is 42.8 Å². The maximum atomic E-state index is 13.3. The number of carbonyl (C=O) groups excluding carboxylic acids is 1. The summed E-state index contributed by atoms with van der Waals surface area (Å²) in [4.78, 5) is 17.6. The van der Waals surface area contributed by atoms with Crippen molar-refractivity contribution in [3.63, 3.8) is 0 Å². The lowest BCUT2D eigenvalue weighted by Crippen LogP contribution is -2.47. The second-order valence-electron chi connectivity index (χ2n) is 9.22. The highest BCUT2D eigenvalue weighted by Crippen LogP contribution is 2.29. The van der Waals surface area contributed by atoms with Crippen LogP contribution in [0.25, 0.3) is 5.69 Å². The van der Waals surface area contributed by atoms with Crippen molar-refractivity contribution in [2.75, 3.05) is 33.2 Å². The summed E-state index contributed by atoms with van der Waals surface area (Å²) in [7, 11) is 2.10. The van der Waals surface area contributed by atoms with E-state index in [1.807, 2.05) is 53.4 Å². The molecule has 184 valence electrons. The van der Waals surface area contributed by atoms with E-state index in [0.29, 0.717) is 12.2 Å². The normalized spacial score (nSPS) is 14.2. The Morgan fingerprint density at radius 1 is 0.861 bits per heavy atom. The van der Waals surface area contributed by atoms with Gasteiger partial charge in [-0.2, -0.15) is 0 Å². The Kier molecular flexibility index (Phi) is 7.49. The lowest BCUT2D eigenvalue weighted by molar-refractivity contribution is 0.0663. The van der Waals surface area contributed by atoms with Crippen LogP contribution in [-0.2, 0) is 12.2 Å². The Morgan fingerprint density at radius 3 is 2.33 bits per heavy atom. The number of carbonyl (C=O) groups is 1. The number of amides is 1. The van der Waals surface area contributed by atoms with Gasteiger partial charge in [0.25, 0.3) is 5.91 Å². The molecule has 1 aliphatic rings. The number of piperazine rings is 1. The number of para-hydroxylation sites is 1. The van der Waals surface area contributed by atoms with Crippen LogP contribution in [0.3, 0.4) is 0 Å². The molecule has 0 spiro atoms. The minimum absolute atomic E-state index is 0.115. The predicted octanol–water partition coefficient (Wildman–Crippen LogP) is 4.85. The fourth-order valence-corrected chi connectivity index (χ4v) is 5.49. The fraction of sp³-hybridized carbons (Fsp3) is 0.276. The van der Waals surface area contributed by atoms with Crippen molar-refractivity contribution in [2.24, 2.45) is 0 Å². The van der Waals surface area contributed by atoms with Crippen LogP contribution >= 0.6 is 11.8 Å². The Labute approximate surface area is 217 Å². The van der Waals surface area contributed by atoms with Crippen LogP contribution in [0.15, 0.2) is 84.0 Å². The van der Waals surface area contributed by atoms with E-state index in [1.54, 1.807) is 11.8 Å². The average molecular weight is 498 g/mol. The van der Waals surface area contributed by atoms with Crippen molar-refractivity contribution in [2.45, 2.75) is 24.3 Å². The zero-order chi connectivity index (χ0) is 24.9. The van der Waals surface area contributed by atoms with Gasteiger partial charge in [-0.3, -0.25) is 9.36 Å². The summed E-state index contributed by atoms with van der Waals surface area (Å²) in [5.74, 6) is 1.66. The van der Waals surface area contributed by atoms with Gasteiger partial charge in [-0.15, -0.1) is 10.2 Å². The van der Waals surface area contributed by atoms with Crippen molar-refractivity contribution < 1.29 is 4.79 Å². The monoisotopic (exact) mass is 497 g/mol. The number of aryl methyl sites for hydroxylation is 1. The second-order valence-corrected chi connectivity index (χ2v) is 10.2. The first-order valence-corrected chi connectivity index (χ1v) is 13.3. The molecular formula is C29H31N5OS. The molecule has 6 nitrogen and oxygen atoms in total. The Morgan fingerprint density at radius 2 is 1.56 bits per heavy atom. The van der Waals surface area contributed by atoms with Crippen LogP contribution < -0.4 is 0 Å². The van der Waals surface area contributed by atoms with Gasteiger partial charge < -0.3 is 9.80 Å². The first-order chi connectivity index (χ1) is 17.6. The summed E-state index contributed by atoms with van der Waals surface area (Å²) in [5.41, 5.74) is 5.24. The van der Waals surface area contributed by atoms with Crippen molar-refractivity contribution in [3.8, 4) is 5.69 Å². The minimum atomic E-state index is 0.115. The molecule has 0 aliphatic carbocycles. The first kappa shape index (κ1) is 24.3. The SMILES string of the molecule is Cc1ccccc1-n1c(Cc2ccccc2)nnc1SCc1ccccc1C(=O)N1CCN(C)CC1. The highest BCUT2D eigenvalue weighted by atomic mass is 32.2. The lowest BCUT2D eigenvalue weighted by atomic mass is 10.1. The highest BCUT2D eigenvalue weighted by Gasteiger charge is 2.23. The minimum Gasteiger partial charge on any atom is -0.336 e. The summed E-state index contributed by atoms with van der Waals surface area (Å²) >= 11 is 1.62. The topological polar surface area (TPSA) is 54.3 Å². The van der Waals surface area contributed by atoms with E-state index in [1.165, 1.54) is 11.1 Å². The molecule has 7 heteroatoms. The molecule has 5 rings (SSSR count). The zero-order valence-electron chi connectivity index (χ0n) is 20.8. The maximum absolute atomic E-state index is 13.3. The van der Waals surface area contributed by atoms with Crippen LogP contribution in [-0.4, -0.2) is 63.7 Å². The Bertz CT molecular complexity index is 1330. The molecule has 1 aliphatic heterocycles. The van der Waals surface area contributed by atoms with Gasteiger partial charge in [-0.1, -0.05) is 78.5 Å². The summed E-state index contributed by atoms with van der Waals surface area (Å²) in [6.45, 7) is 5.46. The Hall–Kier alpha value is -3.42. The largest absolute Gasteiger partial charge is 0.336 e. The molecule has 0 atom stereocenters. The van der Waals surface area contributed by atoms with E-state index in [2.05, 4.69) is 64.0 Å². The summed E-state index contributed by atoms with van der Waals surface area (Å²) in [6, 6.07) is 26.6. The average Bonchev–Trinajstić information content (AvgIpc) is 3.30. The van der Waals surface area contributed by atoms with Crippen LogP contribution in [0.1, 0.15) is 32.9 Å². The number of hydrogen-bond donors (Lipinski definition) is 0. The van der Waals surface area contributed by atoms with Crippen molar-refractivity contribution >= 4 is 17.7 Å². The van der Waals surface area contributed by atoms with Crippen molar-refractivity contribution in [1.82, 2.24) is 24.6 Å². The zero-order valence-corrected chi connectivity index (χ0v) is 21.6. The molecule has 1 aromatic heterocycles. The molecule has 0 radical (unpaired) electrons. The van der Waals surface area contributed by atoms with E-state index >= 15 is 0 Å². The van der Waals surface area contributed by atoms with Gasteiger partial charge in [0.2, 0.25) is 0 Å². The van der Waals surface area contributed by atoms with E-state index in [-0.39, 0.29) is 5.91 Å². The quantitative estimate of drug-likeness (QED) is 0.342. The molecule has 1 amide bonds. The molecule has 0 N–H and O–H groups in total. The number of nitrogens with zero attached hydrogens (tertiary/aromatic N) is 5. The smallest absolute Gasteiger partial charge is 0.254 e. The summed E-state index contributed by atoms with van der Waals surface area (Å²) in [5, 5.41) is 10.0. The number of likely N-dealkylation sites (N-methyl/N-ethyl adjacent to an activating group) is 1. The Balaban J connectivity index is 1.42. The molecule has 0 unspecified atom stereocenters. The van der Waals surface area contributed by atoms with Gasteiger partial charge in [0.1, 0.15) is 5.82 Å². The predicted molar refractivity (Wildman–Crippen MR) is 145 cm³/mol. The van der Waals surface area contributed by atoms with Crippen LogP contribution in [0.5, 0.6) is 0 Å². The lowest BCUT2D eigenvalue weighted by Gasteiger charge is -2.32. The van der Waals surface area contributed by atoms with Crippen molar-refractivity contribution in [3.05, 3.63) is 107 Å². The van der Waals surface area contributed by atoms with E-state index in [9.17, 15) is 4.79 Å². The third-order valence-electron chi connectivity index (χ3n) is 6.66. The standard InChI is InChI=1S/C29H31N5OS/c1-22-10-6-9-15-26(22)34-27(20-23-11-4-3-5-12-23)30-31-29(34)36-21-24-13-7-8-14-25(24)28(35)33-18-16-32(2)17-19-33/h3-15H,16-21H2,1-2H3. The number of aromatic nitrogens is 3. The maximum Gasteiger partial charge on any atom is 0.254 e. The number of hydrogen-bond acceptors (Lipinski definition) is 5. The highest BCUT2D eigenvalue weighted by molar-refractivity contribution is 7.98. The van der Waals surface area contributed by atoms with Gasteiger partial charge in [0, 0.05) is 43.9 Å².